The van der Waals surface area contributed by atoms with E-state index < -0.39 is 5.60 Å². The van der Waals surface area contributed by atoms with Gasteiger partial charge in [-0.3, -0.25) is 9.59 Å². The van der Waals surface area contributed by atoms with Crippen molar-refractivity contribution < 1.29 is 19.8 Å². The van der Waals surface area contributed by atoms with E-state index in [9.17, 15) is 19.8 Å². The molecular weight excluding hydrogens is 424 g/mol. The number of rotatable bonds is 4. The zero-order chi connectivity index (χ0) is 23.9. The van der Waals surface area contributed by atoms with Gasteiger partial charge in [-0.05, 0) is 92.1 Å². The maximum Gasteiger partial charge on any atom is 0.159 e. The lowest BCUT2D eigenvalue weighted by Gasteiger charge is -2.58. The van der Waals surface area contributed by atoms with Gasteiger partial charge in [0.25, 0.3) is 0 Å². The molecule has 4 fully saturated rings. The summed E-state index contributed by atoms with van der Waals surface area (Å²) in [5, 5.41) is 21.4. The molecule has 2 N–H and O–H groups in total. The molecule has 0 radical (unpaired) electrons. The summed E-state index contributed by atoms with van der Waals surface area (Å²) < 4.78 is 0. The molecule has 0 unspecified atom stereocenters. The summed E-state index contributed by atoms with van der Waals surface area (Å²) in [5.74, 6) is 1.60. The molecular formula is C30H36O4. The average Bonchev–Trinajstić information content (AvgIpc) is 3.43. The van der Waals surface area contributed by atoms with Gasteiger partial charge in [0.2, 0.25) is 0 Å². The minimum absolute atomic E-state index is 0.0579. The Morgan fingerprint density at radius 1 is 1.12 bits per heavy atom. The Kier molecular flexibility index (Phi) is 4.77. The molecule has 1 aromatic rings. The first-order chi connectivity index (χ1) is 16.2. The summed E-state index contributed by atoms with van der Waals surface area (Å²) in [6.45, 7) is 3.83. The summed E-state index contributed by atoms with van der Waals surface area (Å²) in [6.07, 6.45) is 13.1. The summed E-state index contributed by atoms with van der Waals surface area (Å²) in [6, 6.07) is 8.21. The van der Waals surface area contributed by atoms with Crippen LogP contribution in [0.5, 0.6) is 0 Å². The number of hydrogen-bond acceptors (Lipinski definition) is 4. The fraction of sp³-hybridized carbons (Fsp3) is 0.600. The maximum absolute atomic E-state index is 12.3. The first-order valence-electron chi connectivity index (χ1n) is 13.1. The Morgan fingerprint density at radius 2 is 1.88 bits per heavy atom. The van der Waals surface area contributed by atoms with Crippen LogP contribution in [-0.2, 0) is 4.79 Å². The number of aliphatic hydroxyl groups excluding tert-OH is 1. The number of fused-ring (bicyclic) bond motifs is 2. The second-order valence-electron chi connectivity index (χ2n) is 12.1. The highest BCUT2D eigenvalue weighted by Gasteiger charge is 2.81. The van der Waals surface area contributed by atoms with Gasteiger partial charge in [0.1, 0.15) is 0 Å². The predicted molar refractivity (Wildman–Crippen MR) is 130 cm³/mol. The van der Waals surface area contributed by atoms with Gasteiger partial charge in [-0.2, -0.15) is 0 Å². The molecule has 0 bridgehead atoms. The molecule has 0 amide bonds. The average molecular weight is 461 g/mol. The Hall–Kier alpha value is -2.04. The number of carbonyl (C=O) groups excluding carboxylic acids is 2. The molecule has 0 heterocycles. The predicted octanol–water partition coefficient (Wildman–Crippen LogP) is 5.15. The molecule has 7 atom stereocenters. The van der Waals surface area contributed by atoms with Gasteiger partial charge in [-0.15, -0.1) is 0 Å². The van der Waals surface area contributed by atoms with Crippen LogP contribution in [0.25, 0.3) is 0 Å². The molecule has 2 spiro atoms. The van der Waals surface area contributed by atoms with Crippen molar-refractivity contribution in [3.63, 3.8) is 0 Å². The van der Waals surface area contributed by atoms with E-state index in [1.54, 1.807) is 13.0 Å². The van der Waals surface area contributed by atoms with Gasteiger partial charge in [0, 0.05) is 17.4 Å². The molecule has 0 aliphatic heterocycles. The molecule has 180 valence electrons. The van der Waals surface area contributed by atoms with Crippen molar-refractivity contribution in [2.75, 3.05) is 6.61 Å². The summed E-state index contributed by atoms with van der Waals surface area (Å²) in [5.41, 5.74) is 2.49. The normalized spacial score (nSPS) is 44.6. The van der Waals surface area contributed by atoms with Crippen molar-refractivity contribution in [2.24, 2.45) is 28.1 Å². The highest BCUT2D eigenvalue weighted by molar-refractivity contribution is 5.94. The molecule has 34 heavy (non-hydrogen) atoms. The molecule has 4 saturated carbocycles. The number of Topliss-reactive ketones (excluding diaryl/α,β-unsaturated/α-hetero) is 1. The van der Waals surface area contributed by atoms with Crippen LogP contribution in [0.1, 0.15) is 87.1 Å². The number of allylic oxidation sites excluding steroid dienone is 1. The van der Waals surface area contributed by atoms with E-state index in [4.69, 9.17) is 0 Å². The molecule has 0 saturated heterocycles. The SMILES string of the molecule is CC(=O)c1ccc([C@H]2C[C@@]3(C)[C@@H](CC[C@@]3(O)/C=C\CO)[C@@H]3CCC4=CC(=O)CC[C@]45C[C@]235)cc1. The smallest absolute Gasteiger partial charge is 0.159 e. The third-order valence-electron chi connectivity index (χ3n) is 11.1. The fourth-order valence-corrected chi connectivity index (χ4v) is 9.50. The van der Waals surface area contributed by atoms with E-state index in [0.717, 1.165) is 50.5 Å². The molecule has 5 aliphatic rings. The summed E-state index contributed by atoms with van der Waals surface area (Å²) in [4.78, 5) is 24.3. The monoisotopic (exact) mass is 460 g/mol. The Balaban J connectivity index is 1.49. The molecule has 5 aliphatic carbocycles. The minimum atomic E-state index is -0.916. The van der Waals surface area contributed by atoms with Crippen molar-refractivity contribution in [1.82, 2.24) is 0 Å². The van der Waals surface area contributed by atoms with E-state index in [2.05, 4.69) is 19.1 Å². The zero-order valence-electron chi connectivity index (χ0n) is 20.3. The standard InChI is InChI=1S/C30H36O4/c1-19(32)20-4-6-21(7-5-20)26-17-27(2)24(11-14-29(27,34)12-3-15-31)25-9-8-22-16-23(33)10-13-28(22)18-30(25,26)28/h3-7,12,16,24-26,31,34H,8-11,13-15,17-18H2,1-2H3/b12-3-/t24-,25-,26+,27-,28-,29-,30+/m0/s1. The van der Waals surface area contributed by atoms with Crippen LogP contribution < -0.4 is 0 Å². The molecule has 6 rings (SSSR count). The van der Waals surface area contributed by atoms with Gasteiger partial charge >= 0.3 is 0 Å². The van der Waals surface area contributed by atoms with E-state index in [1.807, 2.05) is 24.3 Å². The quantitative estimate of drug-likeness (QED) is 0.481. The lowest BCUT2D eigenvalue weighted by Crippen LogP contribution is -2.55. The van der Waals surface area contributed by atoms with Crippen molar-refractivity contribution in [1.29, 1.82) is 0 Å². The largest absolute Gasteiger partial charge is 0.392 e. The van der Waals surface area contributed by atoms with Gasteiger partial charge < -0.3 is 10.2 Å². The highest BCUT2D eigenvalue weighted by atomic mass is 16.3. The van der Waals surface area contributed by atoms with Crippen molar-refractivity contribution >= 4 is 11.6 Å². The first kappa shape index (κ1) is 22.4. The summed E-state index contributed by atoms with van der Waals surface area (Å²) >= 11 is 0. The number of carbonyl (C=O) groups is 2. The van der Waals surface area contributed by atoms with Crippen molar-refractivity contribution in [3.8, 4) is 0 Å². The molecule has 1 aromatic carbocycles. The van der Waals surface area contributed by atoms with Crippen molar-refractivity contribution in [2.45, 2.75) is 76.7 Å². The third-order valence-corrected chi connectivity index (χ3v) is 11.1. The number of hydrogen-bond donors (Lipinski definition) is 2. The van der Waals surface area contributed by atoms with Gasteiger partial charge in [-0.1, -0.05) is 48.9 Å². The Bertz CT molecular complexity index is 1120. The third kappa shape index (κ3) is 2.67. The zero-order valence-corrected chi connectivity index (χ0v) is 20.3. The van der Waals surface area contributed by atoms with Gasteiger partial charge in [-0.25, -0.2) is 0 Å². The van der Waals surface area contributed by atoms with Crippen LogP contribution >= 0.6 is 0 Å². The lowest BCUT2D eigenvalue weighted by molar-refractivity contribution is -0.117. The second-order valence-corrected chi connectivity index (χ2v) is 12.1. The van der Waals surface area contributed by atoms with E-state index in [-0.39, 0.29) is 40.3 Å². The molecule has 0 aromatic heterocycles. The molecule has 4 nitrogen and oxygen atoms in total. The van der Waals surface area contributed by atoms with Gasteiger partial charge in [0.15, 0.2) is 11.6 Å². The molecule has 4 heteroatoms. The first-order valence-corrected chi connectivity index (χ1v) is 13.1. The van der Waals surface area contributed by atoms with Crippen LogP contribution in [-0.4, -0.2) is 34.0 Å². The number of aliphatic hydroxyl groups is 2. The maximum atomic E-state index is 12.3. The second kappa shape index (κ2) is 7.24. The van der Waals surface area contributed by atoms with E-state index >= 15 is 0 Å². The lowest BCUT2D eigenvalue weighted by atomic mass is 9.46. The highest BCUT2D eigenvalue weighted by Crippen LogP contribution is 2.87. The number of benzene rings is 1. The Labute approximate surface area is 202 Å². The van der Waals surface area contributed by atoms with Crippen LogP contribution in [0.3, 0.4) is 0 Å². The summed E-state index contributed by atoms with van der Waals surface area (Å²) in [7, 11) is 0. The van der Waals surface area contributed by atoms with Crippen molar-refractivity contribution in [3.05, 3.63) is 59.2 Å². The number of ketones is 2. The fourth-order valence-electron chi connectivity index (χ4n) is 9.50. The van der Waals surface area contributed by atoms with E-state index in [0.29, 0.717) is 18.3 Å². The van der Waals surface area contributed by atoms with Crippen LogP contribution in [0.4, 0.5) is 0 Å². The van der Waals surface area contributed by atoms with Gasteiger partial charge in [0.05, 0.1) is 12.2 Å². The van der Waals surface area contributed by atoms with E-state index in [1.165, 1.54) is 11.1 Å². The topological polar surface area (TPSA) is 74.6 Å². The van der Waals surface area contributed by atoms with Crippen LogP contribution in [0.2, 0.25) is 0 Å². The van der Waals surface area contributed by atoms with Crippen LogP contribution in [0.15, 0.2) is 48.1 Å². The van der Waals surface area contributed by atoms with Crippen LogP contribution in [0, 0.1) is 28.1 Å². The Morgan fingerprint density at radius 3 is 2.59 bits per heavy atom. The minimum Gasteiger partial charge on any atom is -0.392 e.